The standard InChI is InChI=1S/C22H24F2N4O2S3/c23-19(24)14-28(33(29)20-5-2-10-31-20)18-4-1-3-15-11-17(26-21(15)18)22-25-12-16(32-22)13-27-6-8-30-9-7-27/h1-5,10-11,16,19,26H,6-9,12-14H2. The topological polar surface area (TPSA) is 66.9 Å². The maximum absolute atomic E-state index is 13.4. The third kappa shape index (κ3) is 5.23. The van der Waals surface area contributed by atoms with Crippen molar-refractivity contribution in [1.82, 2.24) is 9.88 Å². The Balaban J connectivity index is 1.38. The number of H-pyrrole nitrogens is 1. The molecule has 2 aromatic heterocycles. The van der Waals surface area contributed by atoms with Gasteiger partial charge in [-0.2, -0.15) is 4.31 Å². The van der Waals surface area contributed by atoms with Crippen LogP contribution in [-0.2, 0) is 16.1 Å². The minimum atomic E-state index is -2.62. The van der Waals surface area contributed by atoms with Crippen molar-refractivity contribution in [3.8, 4) is 0 Å². The number of fused-ring (bicyclic) bond motifs is 1. The summed E-state index contributed by atoms with van der Waals surface area (Å²) in [5.74, 6) is 0. The summed E-state index contributed by atoms with van der Waals surface area (Å²) in [5, 5.41) is 3.98. The maximum Gasteiger partial charge on any atom is 0.260 e. The van der Waals surface area contributed by atoms with Gasteiger partial charge in [-0.3, -0.25) is 9.89 Å². The molecule has 6 nitrogen and oxygen atoms in total. The molecule has 1 fully saturated rings. The van der Waals surface area contributed by atoms with Crippen LogP contribution in [0.2, 0.25) is 0 Å². The molecule has 0 amide bonds. The van der Waals surface area contributed by atoms with E-state index in [0.717, 1.165) is 55.5 Å². The predicted octanol–water partition coefficient (Wildman–Crippen LogP) is 4.22. The molecule has 4 heterocycles. The van der Waals surface area contributed by atoms with Crippen molar-refractivity contribution in [2.45, 2.75) is 15.9 Å². The van der Waals surface area contributed by atoms with Crippen molar-refractivity contribution in [3.63, 3.8) is 0 Å². The van der Waals surface area contributed by atoms with Gasteiger partial charge in [-0.05, 0) is 23.6 Å². The number of para-hydroxylation sites is 1. The summed E-state index contributed by atoms with van der Waals surface area (Å²) in [5.41, 5.74) is 2.06. The zero-order valence-electron chi connectivity index (χ0n) is 17.8. The fourth-order valence-corrected chi connectivity index (χ4v) is 7.39. The summed E-state index contributed by atoms with van der Waals surface area (Å²) < 4.78 is 47.3. The number of morpholine rings is 1. The van der Waals surface area contributed by atoms with Crippen LogP contribution in [0, 0.1) is 0 Å². The predicted molar refractivity (Wildman–Crippen MR) is 132 cm³/mol. The Bertz CT molecular complexity index is 1100. The summed E-state index contributed by atoms with van der Waals surface area (Å²) in [4.78, 5) is 10.5. The molecule has 2 aliphatic heterocycles. The third-order valence-corrected chi connectivity index (χ3v) is 9.40. The van der Waals surface area contributed by atoms with Crippen molar-refractivity contribution >= 4 is 56.1 Å². The number of aromatic nitrogens is 1. The lowest BCUT2D eigenvalue weighted by Gasteiger charge is -2.28. The van der Waals surface area contributed by atoms with E-state index in [0.29, 0.717) is 20.7 Å². The second-order valence-electron chi connectivity index (χ2n) is 7.86. The number of rotatable bonds is 8. The molecule has 2 atom stereocenters. The van der Waals surface area contributed by atoms with Crippen LogP contribution in [0.4, 0.5) is 14.5 Å². The third-order valence-electron chi connectivity index (χ3n) is 5.59. The number of aromatic amines is 1. The number of benzene rings is 1. The first kappa shape index (κ1) is 23.1. The average molecular weight is 511 g/mol. The zero-order valence-corrected chi connectivity index (χ0v) is 20.2. The molecule has 0 bridgehead atoms. The number of hydrogen-bond acceptors (Lipinski definition) is 7. The van der Waals surface area contributed by atoms with E-state index in [-0.39, 0.29) is 0 Å². The molecule has 33 heavy (non-hydrogen) atoms. The van der Waals surface area contributed by atoms with E-state index < -0.39 is 24.3 Å². The first-order chi connectivity index (χ1) is 16.1. The Kier molecular flexibility index (Phi) is 7.24. The second-order valence-corrected chi connectivity index (χ2v) is 11.7. The van der Waals surface area contributed by atoms with Gasteiger partial charge in [0.1, 0.15) is 28.6 Å². The van der Waals surface area contributed by atoms with Gasteiger partial charge in [0.25, 0.3) is 6.43 Å². The number of alkyl halides is 2. The van der Waals surface area contributed by atoms with Gasteiger partial charge in [-0.25, -0.2) is 8.78 Å². The van der Waals surface area contributed by atoms with Crippen LogP contribution in [-0.4, -0.2) is 77.1 Å². The maximum atomic E-state index is 13.4. The highest BCUT2D eigenvalue weighted by molar-refractivity contribution is 8.15. The molecule has 176 valence electrons. The number of aliphatic imine (C=N–C) groups is 1. The van der Waals surface area contributed by atoms with Crippen LogP contribution in [0.15, 0.2) is 51.0 Å². The van der Waals surface area contributed by atoms with Crippen molar-refractivity contribution < 1.29 is 18.1 Å². The molecule has 2 aliphatic rings. The number of nitrogens with zero attached hydrogens (tertiary/aromatic N) is 3. The highest BCUT2D eigenvalue weighted by atomic mass is 32.2. The van der Waals surface area contributed by atoms with Gasteiger partial charge in [0.05, 0.1) is 31.0 Å². The normalized spacial score (nSPS) is 20.5. The molecule has 1 N–H and O–H groups in total. The Morgan fingerprint density at radius 1 is 1.27 bits per heavy atom. The van der Waals surface area contributed by atoms with E-state index in [4.69, 9.17) is 9.73 Å². The van der Waals surface area contributed by atoms with Crippen molar-refractivity contribution in [1.29, 1.82) is 0 Å². The number of ether oxygens (including phenoxy) is 1. The molecule has 1 aromatic carbocycles. The van der Waals surface area contributed by atoms with E-state index in [1.54, 1.807) is 35.3 Å². The molecule has 1 saturated heterocycles. The SMILES string of the molecule is [O-][S+](c1cccs1)N(CC(F)F)c1cccc2cc(C3=NCC(CN4CCOCC4)S3)[nH]c12. The van der Waals surface area contributed by atoms with Crippen molar-refractivity contribution in [3.05, 3.63) is 47.5 Å². The first-order valence-electron chi connectivity index (χ1n) is 10.7. The van der Waals surface area contributed by atoms with E-state index >= 15 is 0 Å². The molecule has 3 aromatic rings. The fourth-order valence-electron chi connectivity index (χ4n) is 4.05. The van der Waals surface area contributed by atoms with E-state index in [1.807, 2.05) is 18.2 Å². The van der Waals surface area contributed by atoms with Crippen LogP contribution in [0.5, 0.6) is 0 Å². The number of anilines is 1. The van der Waals surface area contributed by atoms with Crippen molar-refractivity contribution in [2.75, 3.05) is 50.2 Å². The zero-order chi connectivity index (χ0) is 22.8. The lowest BCUT2D eigenvalue weighted by atomic mass is 10.2. The summed E-state index contributed by atoms with van der Waals surface area (Å²) >= 11 is 1.32. The lowest BCUT2D eigenvalue weighted by Crippen LogP contribution is -2.40. The number of halogens is 2. The van der Waals surface area contributed by atoms with Crippen LogP contribution in [0.1, 0.15) is 5.69 Å². The molecule has 2 unspecified atom stereocenters. The van der Waals surface area contributed by atoms with Gasteiger partial charge in [0, 0.05) is 36.3 Å². The molecule has 11 heteroatoms. The molecule has 5 rings (SSSR count). The van der Waals surface area contributed by atoms with Gasteiger partial charge in [-0.15, -0.1) is 0 Å². The quantitative estimate of drug-likeness (QED) is 0.460. The minimum absolute atomic E-state index is 0.380. The smallest absolute Gasteiger partial charge is 0.260 e. The fraction of sp³-hybridized carbons (Fsp3) is 0.409. The Hall–Kier alpha value is -1.63. The Morgan fingerprint density at radius 3 is 2.88 bits per heavy atom. The van der Waals surface area contributed by atoms with Gasteiger partial charge >= 0.3 is 0 Å². The number of hydrogen-bond donors (Lipinski definition) is 1. The number of thiophene rings is 1. The second kappa shape index (κ2) is 10.3. The van der Waals surface area contributed by atoms with Crippen LogP contribution in [0.3, 0.4) is 0 Å². The Morgan fingerprint density at radius 2 is 2.12 bits per heavy atom. The molecule has 0 saturated carbocycles. The molecular weight excluding hydrogens is 486 g/mol. The van der Waals surface area contributed by atoms with E-state index in [9.17, 15) is 13.3 Å². The van der Waals surface area contributed by atoms with Crippen LogP contribution < -0.4 is 4.31 Å². The summed E-state index contributed by atoms with van der Waals surface area (Å²) in [6, 6.07) is 11.0. The van der Waals surface area contributed by atoms with E-state index in [2.05, 4.69) is 9.88 Å². The molecule has 0 spiro atoms. The minimum Gasteiger partial charge on any atom is -0.587 e. The molecule has 0 aliphatic carbocycles. The Labute approximate surface area is 202 Å². The summed E-state index contributed by atoms with van der Waals surface area (Å²) in [6.45, 7) is 4.55. The van der Waals surface area contributed by atoms with Gasteiger partial charge in [0.2, 0.25) is 4.21 Å². The van der Waals surface area contributed by atoms with Gasteiger partial charge in [-0.1, -0.05) is 35.2 Å². The number of thioether (sulfide) groups is 1. The van der Waals surface area contributed by atoms with Crippen LogP contribution >= 0.6 is 23.1 Å². The largest absolute Gasteiger partial charge is 0.587 e. The summed E-state index contributed by atoms with van der Waals surface area (Å²) in [6.07, 6.45) is -2.62. The number of nitrogens with one attached hydrogen (secondary N) is 1. The van der Waals surface area contributed by atoms with Gasteiger partial charge < -0.3 is 14.3 Å². The monoisotopic (exact) mass is 510 g/mol. The highest BCUT2D eigenvalue weighted by Gasteiger charge is 2.30. The van der Waals surface area contributed by atoms with E-state index in [1.165, 1.54) is 15.6 Å². The van der Waals surface area contributed by atoms with Gasteiger partial charge in [0.15, 0.2) is 0 Å². The summed E-state index contributed by atoms with van der Waals surface area (Å²) in [7, 11) is 0. The van der Waals surface area contributed by atoms with Crippen LogP contribution in [0.25, 0.3) is 10.9 Å². The first-order valence-corrected chi connectivity index (χ1v) is 13.6. The van der Waals surface area contributed by atoms with Crippen molar-refractivity contribution in [2.24, 2.45) is 4.99 Å². The molecule has 0 radical (unpaired) electrons. The highest BCUT2D eigenvalue weighted by Crippen LogP contribution is 2.35. The molecular formula is C22H24F2N4O2S3. The average Bonchev–Trinajstić information content (AvgIpc) is 3.58. The lowest BCUT2D eigenvalue weighted by molar-refractivity contribution is 0.0385.